The molecule has 0 spiro atoms. The van der Waals surface area contributed by atoms with Gasteiger partial charge >= 0.3 is 0 Å². The molecule has 1 heterocycles. The van der Waals surface area contributed by atoms with Crippen molar-refractivity contribution in [2.24, 2.45) is 0 Å². The number of carbonyl (C=O) groups is 1. The fraction of sp³-hybridized carbons (Fsp3) is 0.158. The highest BCUT2D eigenvalue weighted by Crippen LogP contribution is 2.18. The Morgan fingerprint density at radius 1 is 1.22 bits per heavy atom. The molecular formula is C19H18N4O4. The molecule has 1 N–H and O–H groups in total. The maximum absolute atomic E-state index is 12.3. The van der Waals surface area contributed by atoms with E-state index in [1.165, 1.54) is 16.8 Å². The number of hydrogen-bond donors (Lipinski definition) is 1. The molecular weight excluding hydrogens is 348 g/mol. The van der Waals surface area contributed by atoms with Crippen molar-refractivity contribution in [3.8, 4) is 11.4 Å². The number of carbonyl (C=O) groups excluding carboxylic acids is 1. The number of nitro groups is 1. The Balaban J connectivity index is 1.63. The van der Waals surface area contributed by atoms with Crippen molar-refractivity contribution in [2.45, 2.75) is 6.42 Å². The minimum Gasteiger partial charge on any atom is -0.496 e. The Kier molecular flexibility index (Phi) is 5.46. The van der Waals surface area contributed by atoms with Gasteiger partial charge in [0.25, 0.3) is 11.6 Å². The van der Waals surface area contributed by atoms with Crippen LogP contribution in [0.25, 0.3) is 5.69 Å². The summed E-state index contributed by atoms with van der Waals surface area (Å²) < 4.78 is 6.72. The zero-order valence-corrected chi connectivity index (χ0v) is 14.7. The molecule has 8 nitrogen and oxygen atoms in total. The fourth-order valence-electron chi connectivity index (χ4n) is 2.65. The minimum absolute atomic E-state index is 0.0363. The van der Waals surface area contributed by atoms with Crippen molar-refractivity contribution >= 4 is 11.6 Å². The first-order valence-corrected chi connectivity index (χ1v) is 8.29. The molecule has 3 aromatic rings. The van der Waals surface area contributed by atoms with Gasteiger partial charge in [-0.2, -0.15) is 5.10 Å². The van der Waals surface area contributed by atoms with Crippen LogP contribution in [0.1, 0.15) is 16.1 Å². The number of para-hydroxylation sites is 1. The van der Waals surface area contributed by atoms with Crippen LogP contribution in [0.5, 0.6) is 5.75 Å². The Morgan fingerprint density at radius 3 is 2.81 bits per heavy atom. The van der Waals surface area contributed by atoms with Crippen molar-refractivity contribution in [1.82, 2.24) is 15.1 Å². The lowest BCUT2D eigenvalue weighted by Crippen LogP contribution is -2.26. The lowest BCUT2D eigenvalue weighted by molar-refractivity contribution is -0.384. The Hall–Kier alpha value is -3.68. The molecule has 3 rings (SSSR count). The first kappa shape index (κ1) is 18.1. The summed E-state index contributed by atoms with van der Waals surface area (Å²) in [6.07, 6.45) is 2.22. The Morgan fingerprint density at radius 2 is 2.04 bits per heavy atom. The van der Waals surface area contributed by atoms with E-state index < -0.39 is 4.92 Å². The molecule has 0 saturated heterocycles. The molecule has 1 amide bonds. The highest BCUT2D eigenvalue weighted by atomic mass is 16.6. The largest absolute Gasteiger partial charge is 0.496 e. The van der Waals surface area contributed by atoms with Crippen molar-refractivity contribution in [2.75, 3.05) is 13.7 Å². The molecule has 27 heavy (non-hydrogen) atoms. The third-order valence-corrected chi connectivity index (χ3v) is 4.00. The van der Waals surface area contributed by atoms with Crippen LogP contribution in [0.15, 0.2) is 60.8 Å². The molecule has 0 bridgehead atoms. The molecule has 0 unspecified atom stereocenters. The molecule has 0 aliphatic carbocycles. The summed E-state index contributed by atoms with van der Waals surface area (Å²) in [4.78, 5) is 22.7. The third kappa shape index (κ3) is 4.30. The molecule has 0 saturated carbocycles. The number of nitro benzene ring substituents is 1. The first-order valence-electron chi connectivity index (χ1n) is 8.29. The van der Waals surface area contributed by atoms with E-state index in [0.717, 1.165) is 11.3 Å². The molecule has 8 heteroatoms. The van der Waals surface area contributed by atoms with Gasteiger partial charge in [-0.3, -0.25) is 14.9 Å². The highest BCUT2D eigenvalue weighted by molar-refractivity contribution is 5.92. The molecule has 0 atom stereocenters. The predicted molar refractivity (Wildman–Crippen MR) is 99.2 cm³/mol. The summed E-state index contributed by atoms with van der Waals surface area (Å²) in [6, 6.07) is 15.2. The summed E-state index contributed by atoms with van der Waals surface area (Å²) in [7, 11) is 1.61. The fourth-order valence-corrected chi connectivity index (χ4v) is 2.65. The van der Waals surface area contributed by atoms with E-state index in [2.05, 4.69) is 10.4 Å². The zero-order valence-electron chi connectivity index (χ0n) is 14.7. The van der Waals surface area contributed by atoms with Crippen molar-refractivity contribution < 1.29 is 14.5 Å². The van der Waals surface area contributed by atoms with Gasteiger partial charge in [-0.1, -0.05) is 24.3 Å². The van der Waals surface area contributed by atoms with Gasteiger partial charge in [0, 0.05) is 24.9 Å². The second kappa shape index (κ2) is 8.13. The second-order valence-electron chi connectivity index (χ2n) is 5.74. The smallest absolute Gasteiger partial charge is 0.271 e. The summed E-state index contributed by atoms with van der Waals surface area (Å²) in [5, 5.41) is 17.9. The summed E-state index contributed by atoms with van der Waals surface area (Å²) in [5.41, 5.74) is 1.71. The molecule has 0 aliphatic rings. The zero-order chi connectivity index (χ0) is 19.2. The van der Waals surface area contributed by atoms with E-state index in [0.29, 0.717) is 18.7 Å². The quantitative estimate of drug-likeness (QED) is 0.512. The lowest BCUT2D eigenvalue weighted by Gasteiger charge is -2.08. The highest BCUT2D eigenvalue weighted by Gasteiger charge is 2.12. The van der Waals surface area contributed by atoms with E-state index in [9.17, 15) is 14.9 Å². The first-order chi connectivity index (χ1) is 13.1. The number of hydrogen-bond acceptors (Lipinski definition) is 5. The van der Waals surface area contributed by atoms with Gasteiger partial charge in [0.2, 0.25) is 0 Å². The van der Waals surface area contributed by atoms with Gasteiger partial charge in [-0.25, -0.2) is 4.68 Å². The van der Waals surface area contributed by atoms with E-state index >= 15 is 0 Å². The number of ether oxygens (including phenoxy) is 1. The van der Waals surface area contributed by atoms with Crippen LogP contribution in [0, 0.1) is 10.1 Å². The Bertz CT molecular complexity index is 968. The van der Waals surface area contributed by atoms with E-state index in [1.807, 2.05) is 24.3 Å². The van der Waals surface area contributed by atoms with Crippen LogP contribution < -0.4 is 10.1 Å². The molecule has 2 aromatic carbocycles. The number of nitrogens with one attached hydrogen (secondary N) is 1. The summed E-state index contributed by atoms with van der Waals surface area (Å²) in [5.74, 6) is 0.468. The van der Waals surface area contributed by atoms with Crippen LogP contribution in [-0.4, -0.2) is 34.3 Å². The average Bonchev–Trinajstić information content (AvgIpc) is 3.19. The molecule has 0 aliphatic heterocycles. The number of nitrogens with zero attached hydrogens (tertiary/aromatic N) is 3. The number of methoxy groups -OCH3 is 1. The van der Waals surface area contributed by atoms with Crippen LogP contribution in [0.2, 0.25) is 0 Å². The monoisotopic (exact) mass is 366 g/mol. The van der Waals surface area contributed by atoms with Crippen LogP contribution in [0.3, 0.4) is 0 Å². The van der Waals surface area contributed by atoms with E-state index in [-0.39, 0.29) is 17.3 Å². The Labute approximate surface area is 155 Å². The SMILES string of the molecule is COc1ccccc1CCNC(=O)c1ccn(-c2cccc([N+](=O)[O-])c2)n1. The average molecular weight is 366 g/mol. The predicted octanol–water partition coefficient (Wildman–Crippen LogP) is 2.76. The van der Waals surface area contributed by atoms with E-state index in [4.69, 9.17) is 4.74 Å². The van der Waals surface area contributed by atoms with Gasteiger partial charge in [0.05, 0.1) is 17.7 Å². The van der Waals surface area contributed by atoms with Gasteiger partial charge in [-0.15, -0.1) is 0 Å². The van der Waals surface area contributed by atoms with Crippen LogP contribution >= 0.6 is 0 Å². The minimum atomic E-state index is -0.474. The molecule has 0 fully saturated rings. The number of amides is 1. The summed E-state index contributed by atoms with van der Waals surface area (Å²) >= 11 is 0. The normalized spacial score (nSPS) is 10.4. The number of aromatic nitrogens is 2. The number of non-ortho nitro benzene ring substituents is 1. The van der Waals surface area contributed by atoms with Crippen molar-refractivity contribution in [1.29, 1.82) is 0 Å². The lowest BCUT2D eigenvalue weighted by atomic mass is 10.1. The van der Waals surface area contributed by atoms with Gasteiger partial charge in [-0.05, 0) is 30.2 Å². The maximum Gasteiger partial charge on any atom is 0.271 e. The van der Waals surface area contributed by atoms with Crippen LogP contribution in [0.4, 0.5) is 5.69 Å². The maximum atomic E-state index is 12.3. The standard InChI is InChI=1S/C19H18N4O4/c1-27-18-8-3-2-5-14(18)9-11-20-19(24)17-10-12-22(21-17)15-6-4-7-16(13-15)23(25)26/h2-8,10,12-13H,9,11H2,1H3,(H,20,24). The van der Waals surface area contributed by atoms with Crippen molar-refractivity contribution in [3.63, 3.8) is 0 Å². The van der Waals surface area contributed by atoms with E-state index in [1.54, 1.807) is 31.5 Å². The third-order valence-electron chi connectivity index (χ3n) is 4.00. The van der Waals surface area contributed by atoms with Gasteiger partial charge in [0.15, 0.2) is 5.69 Å². The van der Waals surface area contributed by atoms with Gasteiger partial charge < -0.3 is 10.1 Å². The topological polar surface area (TPSA) is 99.3 Å². The molecule has 138 valence electrons. The summed E-state index contributed by atoms with van der Waals surface area (Å²) in [6.45, 7) is 0.433. The number of benzene rings is 2. The number of rotatable bonds is 7. The second-order valence-corrected chi connectivity index (χ2v) is 5.74. The molecule has 1 aromatic heterocycles. The van der Waals surface area contributed by atoms with Crippen molar-refractivity contribution in [3.05, 3.63) is 82.2 Å². The van der Waals surface area contributed by atoms with Crippen LogP contribution in [-0.2, 0) is 6.42 Å². The molecule has 0 radical (unpaired) electrons. The van der Waals surface area contributed by atoms with Gasteiger partial charge in [0.1, 0.15) is 5.75 Å².